The van der Waals surface area contributed by atoms with Gasteiger partial charge in [-0.25, -0.2) is 18.2 Å². The van der Waals surface area contributed by atoms with Crippen LogP contribution in [0.1, 0.15) is 32.1 Å². The van der Waals surface area contributed by atoms with Crippen LogP contribution in [0.15, 0.2) is 24.4 Å². The van der Waals surface area contributed by atoms with E-state index in [2.05, 4.69) is 15.2 Å². The van der Waals surface area contributed by atoms with Crippen LogP contribution < -0.4 is 10.2 Å². The molecule has 0 spiro atoms. The molecule has 2 amide bonds. The number of sulfone groups is 1. The first-order chi connectivity index (χ1) is 12.4. The Bertz CT molecular complexity index is 702. The van der Waals surface area contributed by atoms with Gasteiger partial charge < -0.3 is 15.1 Å². The van der Waals surface area contributed by atoms with Gasteiger partial charge in [-0.05, 0) is 44.2 Å². The number of piperidine rings is 2. The average molecular weight is 381 g/mol. The van der Waals surface area contributed by atoms with E-state index < -0.39 is 9.84 Å². The van der Waals surface area contributed by atoms with Crippen LogP contribution >= 0.6 is 0 Å². The molecule has 7 nitrogen and oxygen atoms in total. The highest BCUT2D eigenvalue weighted by atomic mass is 32.2. The molecule has 2 aliphatic heterocycles. The second-order valence-electron chi connectivity index (χ2n) is 7.33. The Morgan fingerprint density at radius 2 is 1.96 bits per heavy atom. The number of carbonyl (C=O) groups is 1. The van der Waals surface area contributed by atoms with Crippen LogP contribution in [0, 0.1) is 0 Å². The number of anilines is 1. The van der Waals surface area contributed by atoms with Crippen LogP contribution in [0.5, 0.6) is 0 Å². The lowest BCUT2D eigenvalue weighted by molar-refractivity contribution is 0.154. The normalized spacial score (nSPS) is 22.3. The van der Waals surface area contributed by atoms with Crippen molar-refractivity contribution in [2.45, 2.75) is 44.2 Å². The highest BCUT2D eigenvalue weighted by molar-refractivity contribution is 7.90. The minimum absolute atomic E-state index is 0.0541. The Hall–Kier alpha value is -1.83. The zero-order valence-corrected chi connectivity index (χ0v) is 16.1. The smallest absolute Gasteiger partial charge is 0.317 e. The number of likely N-dealkylation sites (tertiary alicyclic amines) is 1. The summed E-state index contributed by atoms with van der Waals surface area (Å²) in [4.78, 5) is 21.1. The third-order valence-electron chi connectivity index (χ3n) is 5.18. The van der Waals surface area contributed by atoms with Crippen LogP contribution in [0.25, 0.3) is 0 Å². The van der Waals surface area contributed by atoms with Gasteiger partial charge in [-0.15, -0.1) is 0 Å². The van der Waals surface area contributed by atoms with E-state index in [9.17, 15) is 13.2 Å². The van der Waals surface area contributed by atoms with Crippen LogP contribution in [0.3, 0.4) is 0 Å². The average Bonchev–Trinajstić information content (AvgIpc) is 2.62. The van der Waals surface area contributed by atoms with Crippen molar-refractivity contribution in [2.24, 2.45) is 0 Å². The first kappa shape index (κ1) is 18.9. The quantitative estimate of drug-likeness (QED) is 0.859. The molecule has 0 saturated carbocycles. The maximum absolute atomic E-state index is 12.7. The number of pyridine rings is 1. The summed E-state index contributed by atoms with van der Waals surface area (Å²) in [5.41, 5.74) is 0. The van der Waals surface area contributed by atoms with Gasteiger partial charge in [-0.2, -0.15) is 0 Å². The number of nitrogens with zero attached hydrogens (tertiary/aromatic N) is 3. The molecular formula is C18H28N4O3S. The summed E-state index contributed by atoms with van der Waals surface area (Å²) in [6, 6.07) is 5.70. The Morgan fingerprint density at radius 1 is 1.19 bits per heavy atom. The van der Waals surface area contributed by atoms with Gasteiger partial charge in [0.05, 0.1) is 5.75 Å². The van der Waals surface area contributed by atoms with Gasteiger partial charge in [-0.1, -0.05) is 6.07 Å². The van der Waals surface area contributed by atoms with Crippen molar-refractivity contribution in [1.29, 1.82) is 0 Å². The van der Waals surface area contributed by atoms with Gasteiger partial charge in [0.1, 0.15) is 15.7 Å². The van der Waals surface area contributed by atoms with Gasteiger partial charge in [0.2, 0.25) is 0 Å². The SMILES string of the molecule is CS(=O)(=O)CC1CCCCN1C(=O)NC1CCN(c2ccccn2)CC1. The summed E-state index contributed by atoms with van der Waals surface area (Å²) in [7, 11) is -3.10. The number of hydrogen-bond acceptors (Lipinski definition) is 5. The fourth-order valence-corrected chi connectivity index (χ4v) is 4.89. The van der Waals surface area contributed by atoms with Crippen molar-refractivity contribution in [3.05, 3.63) is 24.4 Å². The minimum Gasteiger partial charge on any atom is -0.356 e. The van der Waals surface area contributed by atoms with E-state index >= 15 is 0 Å². The Balaban J connectivity index is 1.53. The highest BCUT2D eigenvalue weighted by Crippen LogP contribution is 2.21. The van der Waals surface area contributed by atoms with Crippen molar-refractivity contribution in [3.8, 4) is 0 Å². The van der Waals surface area contributed by atoms with E-state index in [1.54, 1.807) is 11.1 Å². The molecule has 2 fully saturated rings. The largest absolute Gasteiger partial charge is 0.356 e. The minimum atomic E-state index is -3.10. The molecule has 1 unspecified atom stereocenters. The van der Waals surface area contributed by atoms with Crippen molar-refractivity contribution >= 4 is 21.7 Å². The Kier molecular flexibility index (Phi) is 6.01. The lowest BCUT2D eigenvalue weighted by atomic mass is 10.0. The van der Waals surface area contributed by atoms with Gasteiger partial charge in [0.25, 0.3) is 0 Å². The number of amides is 2. The molecule has 0 radical (unpaired) electrons. The molecule has 0 aliphatic carbocycles. The molecule has 1 aromatic heterocycles. The number of urea groups is 1. The highest BCUT2D eigenvalue weighted by Gasteiger charge is 2.31. The number of aromatic nitrogens is 1. The molecule has 26 heavy (non-hydrogen) atoms. The van der Waals surface area contributed by atoms with Crippen molar-refractivity contribution in [1.82, 2.24) is 15.2 Å². The fraction of sp³-hybridized carbons (Fsp3) is 0.667. The number of rotatable bonds is 4. The zero-order chi connectivity index (χ0) is 18.6. The third kappa shape index (κ3) is 5.09. The first-order valence-corrected chi connectivity index (χ1v) is 11.4. The lowest BCUT2D eigenvalue weighted by Gasteiger charge is -2.38. The number of nitrogens with one attached hydrogen (secondary N) is 1. The maximum atomic E-state index is 12.7. The molecule has 8 heteroatoms. The van der Waals surface area contributed by atoms with Gasteiger partial charge in [-0.3, -0.25) is 0 Å². The van der Waals surface area contributed by atoms with Crippen LogP contribution in [-0.2, 0) is 9.84 Å². The van der Waals surface area contributed by atoms with E-state index in [0.29, 0.717) is 6.54 Å². The van der Waals surface area contributed by atoms with Crippen LogP contribution in [-0.4, -0.2) is 68.1 Å². The second-order valence-corrected chi connectivity index (χ2v) is 9.52. The van der Waals surface area contributed by atoms with E-state index in [1.165, 1.54) is 6.26 Å². The Labute approximate surface area is 155 Å². The molecule has 0 bridgehead atoms. The van der Waals surface area contributed by atoms with Crippen LogP contribution in [0.2, 0.25) is 0 Å². The molecular weight excluding hydrogens is 352 g/mol. The topological polar surface area (TPSA) is 82.6 Å². The van der Waals surface area contributed by atoms with E-state index in [0.717, 1.165) is 51.0 Å². The lowest BCUT2D eigenvalue weighted by Crippen LogP contribution is -2.54. The monoisotopic (exact) mass is 380 g/mol. The summed E-state index contributed by atoms with van der Waals surface area (Å²) in [5, 5.41) is 3.12. The third-order valence-corrected chi connectivity index (χ3v) is 6.17. The van der Waals surface area contributed by atoms with E-state index in [1.807, 2.05) is 18.2 Å². The molecule has 1 aromatic rings. The molecule has 1 N–H and O–H groups in total. The molecule has 3 heterocycles. The van der Waals surface area contributed by atoms with Crippen molar-refractivity contribution < 1.29 is 13.2 Å². The maximum Gasteiger partial charge on any atom is 0.317 e. The predicted octanol–water partition coefficient (Wildman–Crippen LogP) is 1.66. The summed E-state index contributed by atoms with van der Waals surface area (Å²) in [6.45, 7) is 2.35. The standard InChI is InChI=1S/C18H28N4O3S/c1-26(24,25)14-16-6-3-5-11-22(16)18(23)20-15-8-12-21(13-9-15)17-7-2-4-10-19-17/h2,4,7,10,15-16H,3,5-6,8-9,11-14H2,1H3,(H,20,23). The second kappa shape index (κ2) is 8.24. The summed E-state index contributed by atoms with van der Waals surface area (Å²) in [6.07, 6.45) is 7.45. The summed E-state index contributed by atoms with van der Waals surface area (Å²) >= 11 is 0. The number of hydrogen-bond donors (Lipinski definition) is 1. The fourth-order valence-electron chi connectivity index (χ4n) is 3.84. The van der Waals surface area contributed by atoms with Crippen LogP contribution in [0.4, 0.5) is 10.6 Å². The molecule has 2 aliphatic rings. The predicted molar refractivity (Wildman–Crippen MR) is 102 cm³/mol. The molecule has 144 valence electrons. The Morgan fingerprint density at radius 3 is 2.62 bits per heavy atom. The summed E-state index contributed by atoms with van der Waals surface area (Å²) in [5.74, 6) is 1.03. The van der Waals surface area contributed by atoms with Gasteiger partial charge in [0.15, 0.2) is 0 Å². The van der Waals surface area contributed by atoms with E-state index in [4.69, 9.17) is 0 Å². The first-order valence-electron chi connectivity index (χ1n) is 9.33. The summed E-state index contributed by atoms with van der Waals surface area (Å²) < 4.78 is 23.3. The molecule has 1 atom stereocenters. The molecule has 2 saturated heterocycles. The number of carbonyl (C=O) groups excluding carboxylic acids is 1. The zero-order valence-electron chi connectivity index (χ0n) is 15.3. The van der Waals surface area contributed by atoms with Crippen molar-refractivity contribution in [3.63, 3.8) is 0 Å². The van der Waals surface area contributed by atoms with E-state index in [-0.39, 0.29) is 23.9 Å². The molecule has 3 rings (SSSR count). The molecule has 0 aromatic carbocycles. The van der Waals surface area contributed by atoms with Gasteiger partial charge >= 0.3 is 6.03 Å². The van der Waals surface area contributed by atoms with Crippen molar-refractivity contribution in [2.75, 3.05) is 36.5 Å². The van der Waals surface area contributed by atoms with Gasteiger partial charge in [0, 0.05) is 44.2 Å².